The molecular weight excluding hydrogens is 557 g/mol. The molecule has 0 saturated carbocycles. The average molecular weight is 586 g/mol. The van der Waals surface area contributed by atoms with Gasteiger partial charge in [0.2, 0.25) is 0 Å². The van der Waals surface area contributed by atoms with Crippen LogP contribution >= 0.6 is 23.2 Å². The first-order chi connectivity index (χ1) is 19.1. The number of rotatable bonds is 9. The summed E-state index contributed by atoms with van der Waals surface area (Å²) in [6.07, 6.45) is 0.00991. The Balaban J connectivity index is 1.86. The summed E-state index contributed by atoms with van der Waals surface area (Å²) in [4.78, 5) is 28.4. The van der Waals surface area contributed by atoms with E-state index in [1.165, 1.54) is 32.3 Å². The summed E-state index contributed by atoms with van der Waals surface area (Å²) in [6.45, 7) is 3.96. The number of hydrogen-bond donors (Lipinski definition) is 1. The molecule has 0 spiro atoms. The van der Waals surface area contributed by atoms with Gasteiger partial charge >= 0.3 is 0 Å². The lowest BCUT2D eigenvalue weighted by atomic mass is 9.94. The number of aliphatic hydroxyl groups is 1. The summed E-state index contributed by atoms with van der Waals surface area (Å²) in [5.74, 6) is -0.636. The first-order valence-corrected chi connectivity index (χ1v) is 13.1. The second kappa shape index (κ2) is 12.1. The second-order valence-electron chi connectivity index (χ2n) is 9.30. The average Bonchev–Trinajstić information content (AvgIpc) is 3.18. The van der Waals surface area contributed by atoms with Gasteiger partial charge in [0.05, 0.1) is 49.6 Å². The number of nitrogens with zero attached hydrogens (tertiary/aromatic N) is 1. The van der Waals surface area contributed by atoms with E-state index in [1.54, 1.807) is 36.4 Å². The molecule has 4 rings (SSSR count). The van der Waals surface area contributed by atoms with Gasteiger partial charge in [-0.1, -0.05) is 47.5 Å². The number of carbonyl (C=O) groups excluding carboxylic acids is 2. The summed E-state index contributed by atoms with van der Waals surface area (Å²) < 4.78 is 21.7. The van der Waals surface area contributed by atoms with E-state index in [0.29, 0.717) is 17.1 Å². The molecule has 1 aliphatic heterocycles. The second-order valence-corrected chi connectivity index (χ2v) is 10.1. The molecule has 1 N–H and O–H groups in total. The molecule has 1 amide bonds. The largest absolute Gasteiger partial charge is 0.507 e. The van der Waals surface area contributed by atoms with Gasteiger partial charge < -0.3 is 29.0 Å². The number of ether oxygens (including phenoxy) is 4. The van der Waals surface area contributed by atoms with Crippen LogP contribution in [0.4, 0.5) is 0 Å². The Kier molecular flexibility index (Phi) is 8.81. The maximum atomic E-state index is 13.5. The van der Waals surface area contributed by atoms with E-state index in [1.807, 2.05) is 26.0 Å². The van der Waals surface area contributed by atoms with E-state index in [9.17, 15) is 14.7 Å². The van der Waals surface area contributed by atoms with E-state index in [4.69, 9.17) is 42.1 Å². The standard InChI is InChI=1S/C30H29Cl2NO7/c1-16(2)40-20-10-6-17(7-11-20)15-33-25(18-8-12-19(37-3)13-9-18)23(27(35)30(33)36)26(34)21-14-22(31)29(39-5)24(32)28(21)38-4/h6-14,16,25,34H,15H2,1-5H3/b26-23+. The molecule has 0 bridgehead atoms. The van der Waals surface area contributed by atoms with Crippen molar-refractivity contribution in [2.75, 3.05) is 21.3 Å². The number of ketones is 1. The van der Waals surface area contributed by atoms with Crippen molar-refractivity contribution in [3.05, 3.63) is 86.9 Å². The molecule has 1 atom stereocenters. The van der Waals surface area contributed by atoms with Gasteiger partial charge in [-0.2, -0.15) is 0 Å². The topological polar surface area (TPSA) is 94.5 Å². The van der Waals surface area contributed by atoms with Gasteiger partial charge in [0.25, 0.3) is 11.7 Å². The van der Waals surface area contributed by atoms with E-state index >= 15 is 0 Å². The third-order valence-corrected chi connectivity index (χ3v) is 7.04. The Morgan fingerprint density at radius 2 is 1.50 bits per heavy atom. The Morgan fingerprint density at radius 3 is 2.05 bits per heavy atom. The van der Waals surface area contributed by atoms with Crippen molar-refractivity contribution >= 4 is 40.7 Å². The van der Waals surface area contributed by atoms with Crippen molar-refractivity contribution in [3.63, 3.8) is 0 Å². The fraction of sp³-hybridized carbons (Fsp3) is 0.267. The minimum absolute atomic E-state index is 0.00991. The number of Topliss-reactive ketones (excluding diaryl/α,β-unsaturated/α-hetero) is 1. The van der Waals surface area contributed by atoms with Gasteiger partial charge in [-0.05, 0) is 55.3 Å². The van der Waals surface area contributed by atoms with Gasteiger partial charge in [-0.15, -0.1) is 0 Å². The molecule has 10 heteroatoms. The Morgan fingerprint density at radius 1 is 0.900 bits per heavy atom. The third kappa shape index (κ3) is 5.55. The zero-order valence-corrected chi connectivity index (χ0v) is 24.2. The van der Waals surface area contributed by atoms with Crippen LogP contribution in [0.5, 0.6) is 23.0 Å². The minimum Gasteiger partial charge on any atom is -0.507 e. The molecule has 0 radical (unpaired) electrons. The third-order valence-electron chi connectivity index (χ3n) is 6.41. The van der Waals surface area contributed by atoms with E-state index in [2.05, 4.69) is 0 Å². The number of aliphatic hydroxyl groups excluding tert-OH is 1. The highest BCUT2D eigenvalue weighted by molar-refractivity contribution is 6.47. The van der Waals surface area contributed by atoms with Crippen LogP contribution < -0.4 is 18.9 Å². The van der Waals surface area contributed by atoms with E-state index < -0.39 is 23.5 Å². The van der Waals surface area contributed by atoms with Crippen LogP contribution in [0.25, 0.3) is 5.76 Å². The first kappa shape index (κ1) is 29.1. The molecule has 8 nitrogen and oxygen atoms in total. The molecule has 210 valence electrons. The predicted molar refractivity (Wildman–Crippen MR) is 153 cm³/mol. The van der Waals surface area contributed by atoms with Crippen molar-refractivity contribution in [3.8, 4) is 23.0 Å². The smallest absolute Gasteiger partial charge is 0.295 e. The number of methoxy groups -OCH3 is 3. The van der Waals surface area contributed by atoms with Crippen LogP contribution in [-0.4, -0.2) is 49.1 Å². The molecule has 1 aliphatic rings. The normalized spacial score (nSPS) is 16.4. The fourth-order valence-corrected chi connectivity index (χ4v) is 5.30. The Labute approximate surface area is 242 Å². The number of hydrogen-bond acceptors (Lipinski definition) is 7. The molecule has 3 aromatic carbocycles. The van der Waals surface area contributed by atoms with Crippen molar-refractivity contribution in [1.82, 2.24) is 4.90 Å². The highest BCUT2D eigenvalue weighted by Crippen LogP contribution is 2.47. The molecule has 1 heterocycles. The lowest BCUT2D eigenvalue weighted by Gasteiger charge is -2.26. The van der Waals surface area contributed by atoms with Crippen LogP contribution in [0.1, 0.15) is 36.6 Å². The van der Waals surface area contributed by atoms with Crippen LogP contribution in [0.2, 0.25) is 10.0 Å². The maximum Gasteiger partial charge on any atom is 0.295 e. The number of amides is 1. The molecule has 3 aromatic rings. The number of likely N-dealkylation sites (tertiary alicyclic amines) is 1. The van der Waals surface area contributed by atoms with Gasteiger partial charge in [0.15, 0.2) is 11.5 Å². The monoisotopic (exact) mass is 585 g/mol. The predicted octanol–water partition coefficient (Wildman–Crippen LogP) is 6.43. The van der Waals surface area contributed by atoms with Gasteiger partial charge in [0.1, 0.15) is 22.3 Å². The van der Waals surface area contributed by atoms with Crippen molar-refractivity contribution in [2.24, 2.45) is 0 Å². The molecular formula is C30H29Cl2NO7. The molecule has 40 heavy (non-hydrogen) atoms. The van der Waals surface area contributed by atoms with E-state index in [-0.39, 0.29) is 45.3 Å². The molecule has 1 saturated heterocycles. The zero-order chi connectivity index (χ0) is 29.1. The van der Waals surface area contributed by atoms with Crippen molar-refractivity contribution in [2.45, 2.75) is 32.5 Å². The van der Waals surface area contributed by atoms with Crippen molar-refractivity contribution < 1.29 is 33.6 Å². The first-order valence-electron chi connectivity index (χ1n) is 12.4. The van der Waals surface area contributed by atoms with Crippen LogP contribution in [0.15, 0.2) is 60.2 Å². The van der Waals surface area contributed by atoms with Crippen LogP contribution in [-0.2, 0) is 16.1 Å². The Bertz CT molecular complexity index is 1450. The SMILES string of the molecule is COc1ccc(C2/C(=C(\O)c3cc(Cl)c(OC)c(Cl)c3OC)C(=O)C(=O)N2Cc2ccc(OC(C)C)cc2)cc1. The summed E-state index contributed by atoms with van der Waals surface area (Å²) in [6, 6.07) is 14.6. The lowest BCUT2D eigenvalue weighted by molar-refractivity contribution is -0.140. The van der Waals surface area contributed by atoms with Crippen LogP contribution in [0.3, 0.4) is 0 Å². The van der Waals surface area contributed by atoms with Crippen LogP contribution in [0, 0.1) is 0 Å². The highest BCUT2D eigenvalue weighted by atomic mass is 35.5. The minimum atomic E-state index is -0.929. The lowest BCUT2D eigenvalue weighted by Crippen LogP contribution is -2.29. The molecule has 1 unspecified atom stereocenters. The summed E-state index contributed by atoms with van der Waals surface area (Å²) in [7, 11) is 4.29. The number of carbonyl (C=O) groups is 2. The summed E-state index contributed by atoms with van der Waals surface area (Å²) in [5.41, 5.74) is 1.27. The summed E-state index contributed by atoms with van der Waals surface area (Å²) >= 11 is 12.8. The van der Waals surface area contributed by atoms with Crippen molar-refractivity contribution in [1.29, 1.82) is 0 Å². The quantitative estimate of drug-likeness (QED) is 0.176. The zero-order valence-electron chi connectivity index (χ0n) is 22.7. The Hall–Kier alpha value is -3.88. The maximum absolute atomic E-state index is 13.5. The molecule has 1 fully saturated rings. The van der Waals surface area contributed by atoms with Gasteiger partial charge in [0, 0.05) is 6.54 Å². The van der Waals surface area contributed by atoms with Gasteiger partial charge in [-0.25, -0.2) is 0 Å². The summed E-state index contributed by atoms with van der Waals surface area (Å²) in [5, 5.41) is 11.7. The van der Waals surface area contributed by atoms with Gasteiger partial charge in [-0.3, -0.25) is 9.59 Å². The number of benzene rings is 3. The number of halogens is 2. The molecule has 0 aromatic heterocycles. The molecule has 0 aliphatic carbocycles. The highest BCUT2D eigenvalue weighted by Gasteiger charge is 2.46. The van der Waals surface area contributed by atoms with E-state index in [0.717, 1.165) is 5.56 Å². The fourth-order valence-electron chi connectivity index (χ4n) is 4.61.